The SMILES string of the molecule is O=C(O)C1CC1C(=O)Nc1cccc(N2CCOC2=O)c1. The molecule has 1 aliphatic heterocycles. The van der Waals surface area contributed by atoms with Crippen LogP contribution in [0.25, 0.3) is 0 Å². The van der Waals surface area contributed by atoms with Gasteiger partial charge in [-0.25, -0.2) is 4.79 Å². The molecule has 1 saturated carbocycles. The summed E-state index contributed by atoms with van der Waals surface area (Å²) >= 11 is 0. The Hall–Kier alpha value is -2.57. The Balaban J connectivity index is 1.68. The Morgan fingerprint density at radius 1 is 1.33 bits per heavy atom. The van der Waals surface area contributed by atoms with E-state index in [9.17, 15) is 14.4 Å². The fourth-order valence-electron chi connectivity index (χ4n) is 2.37. The fourth-order valence-corrected chi connectivity index (χ4v) is 2.37. The van der Waals surface area contributed by atoms with Gasteiger partial charge in [-0.2, -0.15) is 0 Å². The minimum Gasteiger partial charge on any atom is -0.481 e. The first-order valence-corrected chi connectivity index (χ1v) is 6.64. The quantitative estimate of drug-likeness (QED) is 0.871. The molecule has 21 heavy (non-hydrogen) atoms. The van der Waals surface area contributed by atoms with Crippen molar-refractivity contribution in [3.63, 3.8) is 0 Å². The third-order valence-corrected chi connectivity index (χ3v) is 3.63. The van der Waals surface area contributed by atoms with Gasteiger partial charge in [0.1, 0.15) is 6.61 Å². The summed E-state index contributed by atoms with van der Waals surface area (Å²) in [7, 11) is 0. The fraction of sp³-hybridized carbons (Fsp3) is 0.357. The zero-order valence-electron chi connectivity index (χ0n) is 11.1. The number of hydrogen-bond acceptors (Lipinski definition) is 4. The minimum atomic E-state index is -0.941. The van der Waals surface area contributed by atoms with Crippen molar-refractivity contribution in [3.8, 4) is 0 Å². The standard InChI is InChI=1S/C14H14N2O5/c17-12(10-7-11(10)13(18)19)15-8-2-1-3-9(6-8)16-4-5-21-14(16)20/h1-3,6,10-11H,4-5,7H2,(H,15,17)(H,18,19). The number of amides is 2. The smallest absolute Gasteiger partial charge is 0.414 e. The molecule has 2 aliphatic rings. The highest BCUT2D eigenvalue weighted by atomic mass is 16.6. The average Bonchev–Trinajstić information content (AvgIpc) is 3.15. The van der Waals surface area contributed by atoms with Crippen LogP contribution in [0.3, 0.4) is 0 Å². The number of nitrogens with zero attached hydrogens (tertiary/aromatic N) is 1. The van der Waals surface area contributed by atoms with Crippen molar-refractivity contribution < 1.29 is 24.2 Å². The van der Waals surface area contributed by atoms with Gasteiger partial charge in [-0.15, -0.1) is 0 Å². The van der Waals surface area contributed by atoms with Gasteiger partial charge in [-0.1, -0.05) is 6.07 Å². The lowest BCUT2D eigenvalue weighted by molar-refractivity contribution is -0.139. The van der Waals surface area contributed by atoms with E-state index in [1.165, 1.54) is 4.90 Å². The number of hydrogen-bond donors (Lipinski definition) is 2. The molecule has 110 valence electrons. The number of ether oxygens (including phenoxy) is 1. The van der Waals surface area contributed by atoms with E-state index in [1.807, 2.05) is 0 Å². The maximum absolute atomic E-state index is 11.9. The molecule has 2 amide bonds. The van der Waals surface area contributed by atoms with Gasteiger partial charge in [0, 0.05) is 11.4 Å². The summed E-state index contributed by atoms with van der Waals surface area (Å²) in [4.78, 5) is 35.6. The second kappa shape index (κ2) is 5.08. The third-order valence-electron chi connectivity index (χ3n) is 3.63. The Morgan fingerprint density at radius 3 is 2.76 bits per heavy atom. The van der Waals surface area contributed by atoms with Gasteiger partial charge in [0.25, 0.3) is 0 Å². The van der Waals surface area contributed by atoms with Gasteiger partial charge in [-0.3, -0.25) is 14.5 Å². The minimum absolute atomic E-state index is 0.302. The zero-order valence-corrected chi connectivity index (χ0v) is 11.1. The van der Waals surface area contributed by atoms with Gasteiger partial charge in [0.15, 0.2) is 0 Å². The lowest BCUT2D eigenvalue weighted by atomic mass is 10.2. The van der Waals surface area contributed by atoms with Crippen molar-refractivity contribution in [2.75, 3.05) is 23.4 Å². The average molecular weight is 290 g/mol. The molecule has 2 atom stereocenters. The summed E-state index contributed by atoms with van der Waals surface area (Å²) in [5.74, 6) is -2.29. The van der Waals surface area contributed by atoms with Gasteiger partial charge in [-0.05, 0) is 24.6 Å². The van der Waals surface area contributed by atoms with Crippen molar-refractivity contribution >= 4 is 29.3 Å². The summed E-state index contributed by atoms with van der Waals surface area (Å²) in [6.07, 6.45) is -0.0362. The molecule has 0 radical (unpaired) electrons. The normalized spacial score (nSPS) is 23.6. The Labute approximate surface area is 120 Å². The second-order valence-corrected chi connectivity index (χ2v) is 5.09. The molecule has 2 fully saturated rings. The van der Waals surface area contributed by atoms with Crippen molar-refractivity contribution in [2.45, 2.75) is 6.42 Å². The number of benzene rings is 1. The topological polar surface area (TPSA) is 95.9 Å². The molecule has 0 bridgehead atoms. The lowest BCUT2D eigenvalue weighted by Crippen LogP contribution is -2.23. The van der Waals surface area contributed by atoms with E-state index in [4.69, 9.17) is 9.84 Å². The number of cyclic esters (lactones) is 1. The van der Waals surface area contributed by atoms with Crippen LogP contribution < -0.4 is 10.2 Å². The van der Waals surface area contributed by atoms with E-state index in [0.29, 0.717) is 30.9 Å². The molecule has 2 N–H and O–H groups in total. The predicted octanol–water partition coefficient (Wildman–Crippen LogP) is 1.30. The number of carboxylic acids is 1. The summed E-state index contributed by atoms with van der Waals surface area (Å²) in [5, 5.41) is 11.5. The van der Waals surface area contributed by atoms with Crippen LogP contribution in [0.4, 0.5) is 16.2 Å². The number of rotatable bonds is 4. The number of anilines is 2. The Kier molecular flexibility index (Phi) is 3.25. The Morgan fingerprint density at radius 2 is 2.14 bits per heavy atom. The molecule has 7 nitrogen and oxygen atoms in total. The highest BCUT2D eigenvalue weighted by Crippen LogP contribution is 2.39. The maximum atomic E-state index is 11.9. The largest absolute Gasteiger partial charge is 0.481 e. The Bertz CT molecular complexity index is 615. The molecule has 2 unspecified atom stereocenters. The van der Waals surface area contributed by atoms with Crippen LogP contribution in [0.5, 0.6) is 0 Å². The number of nitrogens with one attached hydrogen (secondary N) is 1. The van der Waals surface area contributed by atoms with Gasteiger partial charge < -0.3 is 15.2 Å². The number of carbonyl (C=O) groups excluding carboxylic acids is 2. The van der Waals surface area contributed by atoms with E-state index >= 15 is 0 Å². The molecule has 7 heteroatoms. The first kappa shape index (κ1) is 13.4. The van der Waals surface area contributed by atoms with Gasteiger partial charge in [0.2, 0.25) is 5.91 Å². The van der Waals surface area contributed by atoms with Gasteiger partial charge in [0.05, 0.1) is 18.4 Å². The highest BCUT2D eigenvalue weighted by molar-refractivity contribution is 5.99. The van der Waals surface area contributed by atoms with E-state index < -0.39 is 23.9 Å². The van der Waals surface area contributed by atoms with E-state index in [1.54, 1.807) is 24.3 Å². The molecule has 1 saturated heterocycles. The zero-order chi connectivity index (χ0) is 15.0. The molecule has 1 aromatic rings. The van der Waals surface area contributed by atoms with Crippen molar-refractivity contribution in [2.24, 2.45) is 11.8 Å². The van der Waals surface area contributed by atoms with Crippen LogP contribution in [-0.2, 0) is 14.3 Å². The summed E-state index contributed by atoms with van der Waals surface area (Å²) in [5.41, 5.74) is 1.18. The summed E-state index contributed by atoms with van der Waals surface area (Å²) < 4.78 is 4.86. The van der Waals surface area contributed by atoms with Crippen LogP contribution in [-0.4, -0.2) is 36.2 Å². The van der Waals surface area contributed by atoms with Crippen LogP contribution in [0.2, 0.25) is 0 Å². The number of carboxylic acid groups (broad SMARTS) is 1. The van der Waals surface area contributed by atoms with Crippen LogP contribution in [0.1, 0.15) is 6.42 Å². The van der Waals surface area contributed by atoms with E-state index in [0.717, 1.165) is 0 Å². The highest BCUT2D eigenvalue weighted by Gasteiger charge is 2.48. The van der Waals surface area contributed by atoms with Crippen LogP contribution in [0, 0.1) is 11.8 Å². The molecular formula is C14H14N2O5. The molecule has 0 aromatic heterocycles. The predicted molar refractivity (Wildman–Crippen MR) is 73.0 cm³/mol. The van der Waals surface area contributed by atoms with Crippen LogP contribution in [0.15, 0.2) is 24.3 Å². The van der Waals surface area contributed by atoms with Crippen LogP contribution >= 0.6 is 0 Å². The van der Waals surface area contributed by atoms with E-state index in [-0.39, 0.29) is 5.91 Å². The monoisotopic (exact) mass is 290 g/mol. The number of aliphatic carboxylic acids is 1. The maximum Gasteiger partial charge on any atom is 0.414 e. The summed E-state index contributed by atoms with van der Waals surface area (Å²) in [6, 6.07) is 6.83. The van der Waals surface area contributed by atoms with Crippen molar-refractivity contribution in [1.82, 2.24) is 0 Å². The first-order chi connectivity index (χ1) is 10.1. The molecule has 1 heterocycles. The van der Waals surface area contributed by atoms with Crippen molar-refractivity contribution in [1.29, 1.82) is 0 Å². The molecule has 1 aliphatic carbocycles. The lowest BCUT2D eigenvalue weighted by Gasteiger charge is -2.14. The molecule has 1 aromatic carbocycles. The molecule has 0 spiro atoms. The second-order valence-electron chi connectivity index (χ2n) is 5.09. The molecule has 3 rings (SSSR count). The third kappa shape index (κ3) is 2.67. The first-order valence-electron chi connectivity index (χ1n) is 6.64. The van der Waals surface area contributed by atoms with E-state index in [2.05, 4.69) is 5.32 Å². The van der Waals surface area contributed by atoms with Gasteiger partial charge >= 0.3 is 12.1 Å². The summed E-state index contributed by atoms with van der Waals surface area (Å²) in [6.45, 7) is 0.817. The number of carbonyl (C=O) groups is 3. The molecular weight excluding hydrogens is 276 g/mol. The van der Waals surface area contributed by atoms with Crippen molar-refractivity contribution in [3.05, 3.63) is 24.3 Å².